The minimum Gasteiger partial charge on any atom is -0.493 e. The Kier molecular flexibility index (Phi) is 8.65. The molecule has 0 atom stereocenters. The molecule has 4 aromatic rings. The summed E-state index contributed by atoms with van der Waals surface area (Å²) in [6, 6.07) is 21.0. The van der Waals surface area contributed by atoms with Gasteiger partial charge in [-0.1, -0.05) is 71.4 Å². The highest BCUT2D eigenvalue weighted by Gasteiger charge is 2.13. The van der Waals surface area contributed by atoms with Crippen LogP contribution in [0.15, 0.2) is 71.9 Å². The lowest BCUT2D eigenvalue weighted by molar-refractivity contribution is 0.281. The number of thioether (sulfide) groups is 1. The Balaban J connectivity index is 1.33. The number of rotatable bonds is 11. The van der Waals surface area contributed by atoms with Crippen LogP contribution in [0.4, 0.5) is 0 Å². The first kappa shape index (κ1) is 24.3. The van der Waals surface area contributed by atoms with E-state index in [0.29, 0.717) is 34.7 Å². The number of tetrazole rings is 1. The van der Waals surface area contributed by atoms with Crippen LogP contribution in [0.5, 0.6) is 11.5 Å². The largest absolute Gasteiger partial charge is 0.493 e. The van der Waals surface area contributed by atoms with Crippen molar-refractivity contribution in [1.82, 2.24) is 25.5 Å². The molecule has 0 spiro atoms. The zero-order valence-corrected chi connectivity index (χ0v) is 20.8. The number of para-hydroxylation sites is 2. The van der Waals surface area contributed by atoms with Crippen LogP contribution >= 0.6 is 35.0 Å². The molecule has 0 aliphatic heterocycles. The van der Waals surface area contributed by atoms with Gasteiger partial charge in [0.15, 0.2) is 11.5 Å². The fourth-order valence-corrected chi connectivity index (χ4v) is 4.50. The van der Waals surface area contributed by atoms with E-state index in [0.717, 1.165) is 34.3 Å². The second kappa shape index (κ2) is 12.1. The minimum atomic E-state index is 0.307. The molecule has 34 heavy (non-hydrogen) atoms. The third kappa shape index (κ3) is 6.21. The van der Waals surface area contributed by atoms with E-state index in [2.05, 4.69) is 20.8 Å². The number of methoxy groups -OCH3 is 1. The molecule has 1 heterocycles. The van der Waals surface area contributed by atoms with E-state index in [1.165, 1.54) is 0 Å². The maximum absolute atomic E-state index is 6.29. The molecule has 0 unspecified atom stereocenters. The van der Waals surface area contributed by atoms with Crippen LogP contribution in [0.3, 0.4) is 0 Å². The third-order valence-electron chi connectivity index (χ3n) is 4.93. The fraction of sp³-hybridized carbons (Fsp3) is 0.208. The van der Waals surface area contributed by atoms with Gasteiger partial charge in [-0.25, -0.2) is 0 Å². The predicted molar refractivity (Wildman–Crippen MR) is 135 cm³/mol. The Hall–Kier alpha value is -2.78. The summed E-state index contributed by atoms with van der Waals surface area (Å²) < 4.78 is 13.4. The first-order chi connectivity index (χ1) is 16.7. The van der Waals surface area contributed by atoms with E-state index in [1.807, 2.05) is 54.6 Å². The van der Waals surface area contributed by atoms with Gasteiger partial charge in [-0.05, 0) is 40.8 Å². The molecule has 0 fully saturated rings. The number of hydrogen-bond acceptors (Lipinski definition) is 7. The fourth-order valence-electron chi connectivity index (χ4n) is 3.25. The topological polar surface area (TPSA) is 74.1 Å². The van der Waals surface area contributed by atoms with E-state index in [1.54, 1.807) is 35.7 Å². The summed E-state index contributed by atoms with van der Waals surface area (Å²) in [4.78, 5) is 0. The van der Waals surface area contributed by atoms with Gasteiger partial charge >= 0.3 is 0 Å². The van der Waals surface area contributed by atoms with E-state index in [-0.39, 0.29) is 0 Å². The lowest BCUT2D eigenvalue weighted by Crippen LogP contribution is -2.17. The number of hydrogen-bond donors (Lipinski definition) is 1. The predicted octanol–water partition coefficient (Wildman–Crippen LogP) is 5.44. The first-order valence-electron chi connectivity index (χ1n) is 10.6. The van der Waals surface area contributed by atoms with Crippen molar-refractivity contribution in [3.05, 3.63) is 87.9 Å². The molecule has 176 valence electrons. The summed E-state index contributed by atoms with van der Waals surface area (Å²) in [5.74, 6) is 2.15. The van der Waals surface area contributed by atoms with Gasteiger partial charge in [-0.2, -0.15) is 4.68 Å². The zero-order valence-electron chi connectivity index (χ0n) is 18.4. The van der Waals surface area contributed by atoms with Crippen molar-refractivity contribution in [2.45, 2.75) is 18.3 Å². The van der Waals surface area contributed by atoms with Gasteiger partial charge in [-0.3, -0.25) is 0 Å². The Morgan fingerprint density at radius 2 is 1.85 bits per heavy atom. The molecule has 4 rings (SSSR count). The van der Waals surface area contributed by atoms with Gasteiger partial charge in [0.05, 0.1) is 12.8 Å². The van der Waals surface area contributed by atoms with E-state index in [9.17, 15) is 0 Å². The van der Waals surface area contributed by atoms with Gasteiger partial charge < -0.3 is 14.8 Å². The molecule has 1 aromatic heterocycles. The van der Waals surface area contributed by atoms with Crippen molar-refractivity contribution >= 4 is 35.0 Å². The van der Waals surface area contributed by atoms with Crippen molar-refractivity contribution in [2.75, 3.05) is 19.4 Å². The molecule has 3 aromatic carbocycles. The smallest absolute Gasteiger partial charge is 0.214 e. The maximum atomic E-state index is 6.29. The van der Waals surface area contributed by atoms with Gasteiger partial charge in [0.25, 0.3) is 0 Å². The summed E-state index contributed by atoms with van der Waals surface area (Å²) in [7, 11) is 1.63. The second-order valence-electron chi connectivity index (χ2n) is 7.21. The molecule has 0 saturated heterocycles. The maximum Gasteiger partial charge on any atom is 0.214 e. The molecule has 0 amide bonds. The molecule has 10 heteroatoms. The average Bonchev–Trinajstić information content (AvgIpc) is 3.33. The quantitative estimate of drug-likeness (QED) is 0.210. The van der Waals surface area contributed by atoms with Crippen LogP contribution in [0.1, 0.15) is 11.1 Å². The number of ether oxygens (including phenoxy) is 2. The summed E-state index contributed by atoms with van der Waals surface area (Å²) in [6.07, 6.45) is 0. The lowest BCUT2D eigenvalue weighted by atomic mass is 10.1. The summed E-state index contributed by atoms with van der Waals surface area (Å²) in [5.41, 5.74) is 2.77. The summed E-state index contributed by atoms with van der Waals surface area (Å²) in [5, 5.41) is 17.4. The second-order valence-corrected chi connectivity index (χ2v) is 9.11. The highest BCUT2D eigenvalue weighted by atomic mass is 35.5. The lowest BCUT2D eigenvalue weighted by Gasteiger charge is -2.16. The van der Waals surface area contributed by atoms with E-state index < -0.39 is 0 Å². The first-order valence-corrected chi connectivity index (χ1v) is 12.3. The van der Waals surface area contributed by atoms with E-state index >= 15 is 0 Å². The van der Waals surface area contributed by atoms with Crippen molar-refractivity contribution in [2.24, 2.45) is 0 Å². The molecule has 0 radical (unpaired) electrons. The van der Waals surface area contributed by atoms with Crippen LogP contribution in [-0.2, 0) is 13.2 Å². The SMILES string of the molecule is COc1cccc(CNCCSc2nnnn2-c2ccccc2)c1OCc1ccc(Cl)cc1Cl. The minimum absolute atomic E-state index is 0.307. The van der Waals surface area contributed by atoms with E-state index in [4.69, 9.17) is 32.7 Å². The number of halogens is 2. The third-order valence-corrected chi connectivity index (χ3v) is 6.44. The monoisotopic (exact) mass is 515 g/mol. The zero-order chi connectivity index (χ0) is 23.8. The van der Waals surface area contributed by atoms with Gasteiger partial charge in [-0.15, -0.1) is 5.10 Å². The van der Waals surface area contributed by atoms with Crippen LogP contribution in [0.25, 0.3) is 5.69 Å². The van der Waals surface area contributed by atoms with Crippen molar-refractivity contribution in [3.8, 4) is 17.2 Å². The van der Waals surface area contributed by atoms with Gasteiger partial charge in [0.2, 0.25) is 5.16 Å². The van der Waals surface area contributed by atoms with Crippen molar-refractivity contribution in [3.63, 3.8) is 0 Å². The van der Waals surface area contributed by atoms with Gasteiger partial charge in [0.1, 0.15) is 6.61 Å². The molecule has 7 nitrogen and oxygen atoms in total. The van der Waals surface area contributed by atoms with Gasteiger partial charge in [0, 0.05) is 40.0 Å². The summed E-state index contributed by atoms with van der Waals surface area (Å²) >= 11 is 13.9. The highest BCUT2D eigenvalue weighted by molar-refractivity contribution is 7.99. The molecule has 1 N–H and O–H groups in total. The Morgan fingerprint density at radius 3 is 2.65 bits per heavy atom. The Labute approximate surface area is 212 Å². The molecule has 0 aliphatic carbocycles. The van der Waals surface area contributed by atoms with Crippen molar-refractivity contribution < 1.29 is 9.47 Å². The molecular weight excluding hydrogens is 493 g/mol. The highest BCUT2D eigenvalue weighted by Crippen LogP contribution is 2.33. The van der Waals surface area contributed by atoms with Crippen LogP contribution in [0, 0.1) is 0 Å². The van der Waals surface area contributed by atoms with Crippen LogP contribution in [-0.4, -0.2) is 39.6 Å². The number of aromatic nitrogens is 4. The molecule has 0 saturated carbocycles. The van der Waals surface area contributed by atoms with Crippen molar-refractivity contribution in [1.29, 1.82) is 0 Å². The van der Waals surface area contributed by atoms with Crippen LogP contribution < -0.4 is 14.8 Å². The number of nitrogens with one attached hydrogen (secondary N) is 1. The molecule has 0 bridgehead atoms. The van der Waals surface area contributed by atoms with Crippen LogP contribution in [0.2, 0.25) is 10.0 Å². The Morgan fingerprint density at radius 1 is 1.00 bits per heavy atom. The Bertz CT molecular complexity index is 1220. The number of nitrogens with zero attached hydrogens (tertiary/aromatic N) is 4. The molecule has 0 aliphatic rings. The molecular formula is C24H23Cl2N5O2S. The number of benzene rings is 3. The average molecular weight is 516 g/mol. The summed E-state index contributed by atoms with van der Waals surface area (Å²) in [6.45, 7) is 1.68. The normalized spacial score (nSPS) is 10.9. The standard InChI is InChI=1S/C24H23Cl2N5O2S/c1-32-22-9-5-6-17(23(22)33-16-18-10-11-19(25)14-21(18)26)15-27-12-13-34-24-28-29-30-31(24)20-7-3-2-4-8-20/h2-11,14,27H,12-13,15-16H2,1H3.